The molecule has 0 rings (SSSR count). The molecule has 0 bridgehead atoms. The molecule has 0 fully saturated rings. The zero-order valence-corrected chi connectivity index (χ0v) is 13.1. The number of rotatable bonds is 9. The van der Waals surface area contributed by atoms with Crippen molar-refractivity contribution in [2.24, 2.45) is 0 Å². The van der Waals surface area contributed by atoms with Crippen LogP contribution in [0, 0.1) is 0 Å². The topological polar surface area (TPSA) is 26.3 Å². The molecule has 0 aromatic heterocycles. The summed E-state index contributed by atoms with van der Waals surface area (Å²) in [5.74, 6) is -0.253. The van der Waals surface area contributed by atoms with Crippen LogP contribution < -0.4 is 0 Å². The Morgan fingerprint density at radius 3 is 2.47 bits per heavy atom. The van der Waals surface area contributed by atoms with Crippen LogP contribution in [0.5, 0.6) is 0 Å². The van der Waals surface area contributed by atoms with Crippen LogP contribution in [0.25, 0.3) is 0 Å². The standard InChI is InChI=1S/C13H25ClO2Si/c1-5-6-7-8-9-12(2)13(15)16-10-11-17(3,4)14/h2,5-11H2,1,3-4H3. The smallest absolute Gasteiger partial charge is 0.333 e. The zero-order valence-electron chi connectivity index (χ0n) is 11.4. The number of unbranched alkanes of at least 4 members (excludes halogenated alkanes) is 3. The van der Waals surface area contributed by atoms with E-state index < -0.39 is 7.38 Å². The SMILES string of the molecule is C=C(CCCCCC)C(=O)OCC[Si](C)(C)Cl. The van der Waals surface area contributed by atoms with Gasteiger partial charge in [-0.05, 0) is 18.9 Å². The van der Waals surface area contributed by atoms with Gasteiger partial charge in [-0.3, -0.25) is 0 Å². The molecule has 2 nitrogen and oxygen atoms in total. The molecule has 0 aliphatic rings. The second-order valence-electron chi connectivity index (χ2n) is 5.02. The van der Waals surface area contributed by atoms with Crippen LogP contribution in [0.1, 0.15) is 39.0 Å². The van der Waals surface area contributed by atoms with Gasteiger partial charge in [-0.25, -0.2) is 4.79 Å². The molecule has 0 N–H and O–H groups in total. The lowest BCUT2D eigenvalue weighted by atomic mass is 10.1. The van der Waals surface area contributed by atoms with Gasteiger partial charge in [-0.15, -0.1) is 0 Å². The molecule has 0 saturated heterocycles. The first-order valence-electron chi connectivity index (χ1n) is 6.40. The van der Waals surface area contributed by atoms with Crippen molar-refractivity contribution in [2.75, 3.05) is 6.61 Å². The summed E-state index contributed by atoms with van der Waals surface area (Å²) in [6, 6.07) is 0.795. The zero-order chi connectivity index (χ0) is 13.3. The average Bonchev–Trinajstić information content (AvgIpc) is 2.22. The average molecular weight is 277 g/mol. The third-order valence-electron chi connectivity index (χ3n) is 2.55. The van der Waals surface area contributed by atoms with E-state index in [9.17, 15) is 4.79 Å². The summed E-state index contributed by atoms with van der Waals surface area (Å²) in [7, 11) is -1.63. The molecule has 0 unspecified atom stereocenters. The number of carbonyl (C=O) groups is 1. The number of halogens is 1. The number of ether oxygens (including phenoxy) is 1. The third-order valence-corrected chi connectivity index (χ3v) is 4.51. The first kappa shape index (κ1) is 16.7. The van der Waals surface area contributed by atoms with Gasteiger partial charge < -0.3 is 4.74 Å². The first-order valence-corrected chi connectivity index (χ1v) is 10.6. The Morgan fingerprint density at radius 1 is 1.29 bits per heavy atom. The quantitative estimate of drug-likeness (QED) is 0.204. The van der Waals surface area contributed by atoms with E-state index in [0.717, 1.165) is 25.3 Å². The summed E-state index contributed by atoms with van der Waals surface area (Å²) in [6.07, 6.45) is 5.35. The van der Waals surface area contributed by atoms with Gasteiger partial charge in [-0.1, -0.05) is 45.9 Å². The summed E-state index contributed by atoms with van der Waals surface area (Å²) >= 11 is 6.14. The summed E-state index contributed by atoms with van der Waals surface area (Å²) in [5, 5.41) is 0. The summed E-state index contributed by atoms with van der Waals surface area (Å²) in [5.41, 5.74) is 0.593. The van der Waals surface area contributed by atoms with Crippen LogP contribution in [0.2, 0.25) is 19.1 Å². The van der Waals surface area contributed by atoms with Crippen molar-refractivity contribution in [3.05, 3.63) is 12.2 Å². The van der Waals surface area contributed by atoms with Crippen LogP contribution >= 0.6 is 11.1 Å². The highest BCUT2D eigenvalue weighted by molar-refractivity contribution is 7.19. The van der Waals surface area contributed by atoms with Crippen molar-refractivity contribution in [1.82, 2.24) is 0 Å². The molecule has 0 spiro atoms. The highest BCUT2D eigenvalue weighted by atomic mass is 35.6. The van der Waals surface area contributed by atoms with E-state index in [4.69, 9.17) is 15.8 Å². The fourth-order valence-corrected chi connectivity index (χ4v) is 2.17. The van der Waals surface area contributed by atoms with Crippen LogP contribution in [0.4, 0.5) is 0 Å². The molecular formula is C13H25ClO2Si. The van der Waals surface area contributed by atoms with Gasteiger partial charge in [0.1, 0.15) is 0 Å². The normalized spacial score (nSPS) is 11.3. The number of hydrogen-bond donors (Lipinski definition) is 0. The van der Waals surface area contributed by atoms with Crippen LogP contribution in [0.3, 0.4) is 0 Å². The minimum Gasteiger partial charge on any atom is -0.463 e. The largest absolute Gasteiger partial charge is 0.463 e. The number of esters is 1. The molecule has 0 radical (unpaired) electrons. The molecule has 0 amide bonds. The Kier molecular flexibility index (Phi) is 8.61. The molecule has 0 atom stereocenters. The van der Waals surface area contributed by atoms with Crippen molar-refractivity contribution in [1.29, 1.82) is 0 Å². The predicted molar refractivity (Wildman–Crippen MR) is 77.0 cm³/mol. The van der Waals surface area contributed by atoms with Gasteiger partial charge in [0, 0.05) is 5.57 Å². The molecule has 0 saturated carbocycles. The molecular weight excluding hydrogens is 252 g/mol. The van der Waals surface area contributed by atoms with Gasteiger partial charge in [0.25, 0.3) is 0 Å². The molecule has 0 aromatic carbocycles. The van der Waals surface area contributed by atoms with E-state index in [1.54, 1.807) is 0 Å². The van der Waals surface area contributed by atoms with E-state index >= 15 is 0 Å². The Labute approximate surface area is 111 Å². The molecule has 0 aliphatic carbocycles. The first-order chi connectivity index (χ1) is 7.87. The van der Waals surface area contributed by atoms with E-state index in [0.29, 0.717) is 12.2 Å². The Hall–Kier alpha value is -0.283. The fourth-order valence-electron chi connectivity index (χ4n) is 1.36. The Balaban J connectivity index is 3.65. The highest BCUT2D eigenvalue weighted by Gasteiger charge is 2.18. The second kappa shape index (κ2) is 8.76. The molecule has 4 heteroatoms. The monoisotopic (exact) mass is 276 g/mol. The van der Waals surface area contributed by atoms with Crippen LogP contribution in [-0.4, -0.2) is 20.0 Å². The van der Waals surface area contributed by atoms with Crippen LogP contribution in [-0.2, 0) is 9.53 Å². The van der Waals surface area contributed by atoms with Gasteiger partial charge >= 0.3 is 5.97 Å². The van der Waals surface area contributed by atoms with E-state index in [1.807, 2.05) is 13.1 Å². The molecule has 0 aliphatic heterocycles. The Bertz CT molecular complexity index is 246. The van der Waals surface area contributed by atoms with Crippen LogP contribution in [0.15, 0.2) is 12.2 Å². The lowest BCUT2D eigenvalue weighted by Gasteiger charge is -2.13. The molecule has 100 valence electrons. The van der Waals surface area contributed by atoms with E-state index in [-0.39, 0.29) is 5.97 Å². The van der Waals surface area contributed by atoms with Crippen molar-refractivity contribution in [2.45, 2.75) is 58.2 Å². The summed E-state index contributed by atoms with van der Waals surface area (Å²) in [6.45, 7) is 10.5. The van der Waals surface area contributed by atoms with Crippen molar-refractivity contribution in [3.63, 3.8) is 0 Å². The third kappa shape index (κ3) is 10.6. The van der Waals surface area contributed by atoms with Crippen molar-refractivity contribution >= 4 is 24.4 Å². The van der Waals surface area contributed by atoms with Gasteiger partial charge in [-0.2, -0.15) is 11.1 Å². The maximum Gasteiger partial charge on any atom is 0.333 e. The van der Waals surface area contributed by atoms with Gasteiger partial charge in [0.15, 0.2) is 7.38 Å². The van der Waals surface area contributed by atoms with Gasteiger partial charge in [0.2, 0.25) is 0 Å². The maximum atomic E-state index is 11.5. The second-order valence-corrected chi connectivity index (χ2v) is 12.0. The van der Waals surface area contributed by atoms with E-state index in [1.165, 1.54) is 12.8 Å². The van der Waals surface area contributed by atoms with Gasteiger partial charge in [0.05, 0.1) is 6.61 Å². The summed E-state index contributed by atoms with van der Waals surface area (Å²) in [4.78, 5) is 11.5. The minimum atomic E-state index is -1.63. The number of hydrogen-bond acceptors (Lipinski definition) is 2. The predicted octanol–water partition coefficient (Wildman–Crippen LogP) is 4.50. The van der Waals surface area contributed by atoms with E-state index in [2.05, 4.69) is 13.5 Å². The van der Waals surface area contributed by atoms with Crippen molar-refractivity contribution in [3.8, 4) is 0 Å². The molecule has 17 heavy (non-hydrogen) atoms. The lowest BCUT2D eigenvalue weighted by Crippen LogP contribution is -2.20. The maximum absolute atomic E-state index is 11.5. The summed E-state index contributed by atoms with van der Waals surface area (Å²) < 4.78 is 5.15. The minimum absolute atomic E-state index is 0.253. The number of carbonyl (C=O) groups excluding carboxylic acids is 1. The lowest BCUT2D eigenvalue weighted by molar-refractivity contribution is -0.138. The molecule has 0 aromatic rings. The van der Waals surface area contributed by atoms with Crippen molar-refractivity contribution < 1.29 is 9.53 Å². The fraction of sp³-hybridized carbons (Fsp3) is 0.769. The highest BCUT2D eigenvalue weighted by Crippen LogP contribution is 2.15. The Morgan fingerprint density at radius 2 is 1.94 bits per heavy atom. The molecule has 0 heterocycles.